The zero-order valence-corrected chi connectivity index (χ0v) is 11.9. The van der Waals surface area contributed by atoms with Crippen LogP contribution in [-0.2, 0) is 0 Å². The zero-order valence-electron chi connectivity index (χ0n) is 11.9. The van der Waals surface area contributed by atoms with E-state index < -0.39 is 0 Å². The van der Waals surface area contributed by atoms with E-state index in [9.17, 15) is 4.79 Å². The standard InChI is InChI=1S/C16H16N2O3/c1-11-10-15(21-18-11)17-16(20)14-8-5-7-13(12(14)2)6-3-4-9-19/h5,7-8,10,19H,4,9H2,1-2H3,(H,17,20). The Hall–Kier alpha value is -2.58. The van der Waals surface area contributed by atoms with Gasteiger partial charge in [0.15, 0.2) is 0 Å². The van der Waals surface area contributed by atoms with Crippen LogP contribution in [0.25, 0.3) is 0 Å². The van der Waals surface area contributed by atoms with E-state index in [0.29, 0.717) is 23.6 Å². The first kappa shape index (κ1) is 14.8. The monoisotopic (exact) mass is 284 g/mol. The number of aliphatic hydroxyl groups excluding tert-OH is 1. The van der Waals surface area contributed by atoms with Crippen LogP contribution in [0.15, 0.2) is 28.8 Å². The van der Waals surface area contributed by atoms with Crippen LogP contribution in [0, 0.1) is 25.7 Å². The van der Waals surface area contributed by atoms with Crippen molar-refractivity contribution in [3.05, 3.63) is 46.6 Å². The molecule has 1 aromatic heterocycles. The second-order valence-corrected chi connectivity index (χ2v) is 4.54. The first-order valence-corrected chi connectivity index (χ1v) is 6.56. The lowest BCUT2D eigenvalue weighted by Crippen LogP contribution is -2.13. The fourth-order valence-corrected chi connectivity index (χ4v) is 1.83. The van der Waals surface area contributed by atoms with Gasteiger partial charge in [0.25, 0.3) is 5.91 Å². The molecular weight excluding hydrogens is 268 g/mol. The van der Waals surface area contributed by atoms with Crippen molar-refractivity contribution >= 4 is 11.8 Å². The predicted molar refractivity (Wildman–Crippen MR) is 79.0 cm³/mol. The number of nitrogens with zero attached hydrogens (tertiary/aromatic N) is 1. The van der Waals surface area contributed by atoms with Gasteiger partial charge in [-0.05, 0) is 31.5 Å². The van der Waals surface area contributed by atoms with E-state index in [0.717, 1.165) is 11.1 Å². The van der Waals surface area contributed by atoms with Crippen LogP contribution >= 0.6 is 0 Å². The topological polar surface area (TPSA) is 75.4 Å². The minimum absolute atomic E-state index is 0.0249. The molecule has 0 spiro atoms. The van der Waals surface area contributed by atoms with E-state index in [1.54, 1.807) is 25.1 Å². The Bertz CT molecular complexity index is 708. The van der Waals surface area contributed by atoms with Gasteiger partial charge in [-0.3, -0.25) is 10.1 Å². The summed E-state index contributed by atoms with van der Waals surface area (Å²) in [5, 5.41) is 15.1. The third-order valence-electron chi connectivity index (χ3n) is 2.90. The molecule has 0 aliphatic carbocycles. The minimum Gasteiger partial charge on any atom is -0.395 e. The second-order valence-electron chi connectivity index (χ2n) is 4.54. The molecule has 1 heterocycles. The van der Waals surface area contributed by atoms with Crippen LogP contribution in [0.3, 0.4) is 0 Å². The van der Waals surface area contributed by atoms with E-state index >= 15 is 0 Å². The first-order chi connectivity index (χ1) is 10.1. The first-order valence-electron chi connectivity index (χ1n) is 6.56. The Morgan fingerprint density at radius 3 is 2.90 bits per heavy atom. The zero-order chi connectivity index (χ0) is 15.2. The fourth-order valence-electron chi connectivity index (χ4n) is 1.83. The van der Waals surface area contributed by atoms with Crippen molar-refractivity contribution < 1.29 is 14.4 Å². The Kier molecular flexibility index (Phi) is 4.75. The van der Waals surface area contributed by atoms with Crippen LogP contribution in [0.4, 0.5) is 5.88 Å². The summed E-state index contributed by atoms with van der Waals surface area (Å²) in [7, 11) is 0. The van der Waals surface area contributed by atoms with Crippen molar-refractivity contribution in [3.8, 4) is 11.8 Å². The van der Waals surface area contributed by atoms with E-state index in [1.807, 2.05) is 13.0 Å². The molecule has 0 fully saturated rings. The van der Waals surface area contributed by atoms with E-state index in [2.05, 4.69) is 22.3 Å². The van der Waals surface area contributed by atoms with Crippen molar-refractivity contribution in [3.63, 3.8) is 0 Å². The molecule has 0 aliphatic heterocycles. The van der Waals surface area contributed by atoms with Crippen molar-refractivity contribution in [1.29, 1.82) is 0 Å². The van der Waals surface area contributed by atoms with Crippen molar-refractivity contribution in [2.75, 3.05) is 11.9 Å². The Morgan fingerprint density at radius 1 is 1.43 bits per heavy atom. The number of hydrogen-bond acceptors (Lipinski definition) is 4. The van der Waals surface area contributed by atoms with E-state index in [1.165, 1.54) is 0 Å². The van der Waals surface area contributed by atoms with Crippen LogP contribution in [0.2, 0.25) is 0 Å². The lowest BCUT2D eigenvalue weighted by molar-refractivity contribution is 0.102. The molecule has 5 heteroatoms. The summed E-state index contributed by atoms with van der Waals surface area (Å²) in [4.78, 5) is 12.2. The molecule has 2 rings (SSSR count). The quantitative estimate of drug-likeness (QED) is 0.848. The Labute approximate surface area is 123 Å². The largest absolute Gasteiger partial charge is 0.395 e. The molecule has 2 aromatic rings. The maximum atomic E-state index is 12.2. The predicted octanol–water partition coefficient (Wildman–Crippen LogP) is 2.28. The molecule has 0 radical (unpaired) electrons. The van der Waals surface area contributed by atoms with E-state index in [4.69, 9.17) is 9.63 Å². The van der Waals surface area contributed by atoms with Gasteiger partial charge in [-0.2, -0.15) is 0 Å². The number of benzene rings is 1. The van der Waals surface area contributed by atoms with Gasteiger partial charge in [-0.15, -0.1) is 0 Å². The molecule has 5 nitrogen and oxygen atoms in total. The highest BCUT2D eigenvalue weighted by Crippen LogP contribution is 2.16. The molecule has 108 valence electrons. The van der Waals surface area contributed by atoms with Crippen LogP contribution in [0.5, 0.6) is 0 Å². The maximum Gasteiger partial charge on any atom is 0.258 e. The van der Waals surface area contributed by atoms with Gasteiger partial charge < -0.3 is 9.63 Å². The minimum atomic E-state index is -0.269. The summed E-state index contributed by atoms with van der Waals surface area (Å²) in [5.74, 6) is 5.85. The lowest BCUT2D eigenvalue weighted by atomic mass is 10.0. The molecule has 1 amide bonds. The SMILES string of the molecule is Cc1cc(NC(=O)c2cccc(C#CCCO)c2C)on1. The summed E-state index contributed by atoms with van der Waals surface area (Å²) < 4.78 is 4.97. The van der Waals surface area contributed by atoms with Crippen molar-refractivity contribution in [2.24, 2.45) is 0 Å². The van der Waals surface area contributed by atoms with Crippen molar-refractivity contribution in [2.45, 2.75) is 20.3 Å². The molecule has 1 aromatic carbocycles. The lowest BCUT2D eigenvalue weighted by Gasteiger charge is -2.06. The highest BCUT2D eigenvalue weighted by molar-refractivity contribution is 6.04. The van der Waals surface area contributed by atoms with Gasteiger partial charge in [0, 0.05) is 23.6 Å². The number of aryl methyl sites for hydroxylation is 1. The molecule has 2 N–H and O–H groups in total. The number of carbonyl (C=O) groups is 1. The normalized spacial score (nSPS) is 9.86. The Balaban J connectivity index is 2.22. The number of aliphatic hydroxyl groups is 1. The summed E-state index contributed by atoms with van der Waals surface area (Å²) in [6.07, 6.45) is 0.410. The molecular formula is C16H16N2O3. The van der Waals surface area contributed by atoms with Crippen LogP contribution in [0.1, 0.15) is 33.6 Å². The third-order valence-corrected chi connectivity index (χ3v) is 2.90. The molecule has 0 saturated heterocycles. The molecule has 0 bridgehead atoms. The number of aromatic nitrogens is 1. The van der Waals surface area contributed by atoms with Gasteiger partial charge in [-0.1, -0.05) is 23.1 Å². The van der Waals surface area contributed by atoms with Gasteiger partial charge >= 0.3 is 0 Å². The summed E-state index contributed by atoms with van der Waals surface area (Å²) in [6.45, 7) is 3.64. The Morgan fingerprint density at radius 2 is 2.24 bits per heavy atom. The number of nitrogens with one attached hydrogen (secondary N) is 1. The van der Waals surface area contributed by atoms with Crippen LogP contribution in [-0.4, -0.2) is 22.8 Å². The van der Waals surface area contributed by atoms with Gasteiger partial charge in [0.2, 0.25) is 5.88 Å². The molecule has 0 atom stereocenters. The average Bonchev–Trinajstić information content (AvgIpc) is 2.86. The maximum absolute atomic E-state index is 12.2. The van der Waals surface area contributed by atoms with Gasteiger partial charge in [0.1, 0.15) is 0 Å². The summed E-state index contributed by atoms with van der Waals surface area (Å²) in [6, 6.07) is 6.99. The molecule has 0 saturated carbocycles. The smallest absolute Gasteiger partial charge is 0.258 e. The van der Waals surface area contributed by atoms with E-state index in [-0.39, 0.29) is 12.5 Å². The highest BCUT2D eigenvalue weighted by Gasteiger charge is 2.13. The van der Waals surface area contributed by atoms with Gasteiger partial charge in [0.05, 0.1) is 12.3 Å². The highest BCUT2D eigenvalue weighted by atomic mass is 16.5. The number of anilines is 1. The average molecular weight is 284 g/mol. The second kappa shape index (κ2) is 6.73. The number of carbonyl (C=O) groups excluding carboxylic acids is 1. The van der Waals surface area contributed by atoms with Crippen LogP contribution < -0.4 is 5.32 Å². The van der Waals surface area contributed by atoms with Gasteiger partial charge in [-0.25, -0.2) is 0 Å². The number of rotatable bonds is 3. The number of amides is 1. The molecule has 0 aliphatic rings. The fraction of sp³-hybridized carbons (Fsp3) is 0.250. The summed E-state index contributed by atoms with van der Waals surface area (Å²) in [5.41, 5.74) is 2.78. The summed E-state index contributed by atoms with van der Waals surface area (Å²) >= 11 is 0. The molecule has 21 heavy (non-hydrogen) atoms. The number of hydrogen-bond donors (Lipinski definition) is 2. The third kappa shape index (κ3) is 3.71. The molecule has 0 unspecified atom stereocenters. The van der Waals surface area contributed by atoms with Crippen molar-refractivity contribution in [1.82, 2.24) is 5.16 Å².